The van der Waals surface area contributed by atoms with Crippen LogP contribution in [0.4, 0.5) is 5.82 Å². The maximum atomic E-state index is 13.2. The van der Waals surface area contributed by atoms with E-state index in [9.17, 15) is 4.79 Å². The Balaban J connectivity index is 1.59. The smallest absolute Gasteiger partial charge is 0.259 e. The minimum Gasteiger partial charge on any atom is -0.366 e. The molecule has 3 aliphatic rings. The maximum Gasteiger partial charge on any atom is 0.259 e. The molecule has 4 rings (SSSR count). The number of likely N-dealkylation sites (tertiary alicyclic amines) is 1. The SMILES string of the molecule is CC1(C)CC(C2CCCCC2)Nc2c(C(=O)N3CCCCCC3)cnn21. The summed E-state index contributed by atoms with van der Waals surface area (Å²) in [7, 11) is 0. The van der Waals surface area contributed by atoms with Crippen LogP contribution in [0.2, 0.25) is 0 Å². The molecule has 2 aliphatic heterocycles. The van der Waals surface area contributed by atoms with E-state index in [0.717, 1.165) is 49.7 Å². The van der Waals surface area contributed by atoms with Gasteiger partial charge < -0.3 is 10.2 Å². The van der Waals surface area contributed by atoms with E-state index < -0.39 is 0 Å². The number of rotatable bonds is 2. The van der Waals surface area contributed by atoms with Crippen LogP contribution < -0.4 is 5.32 Å². The van der Waals surface area contributed by atoms with Crippen LogP contribution in [0.25, 0.3) is 0 Å². The topological polar surface area (TPSA) is 50.2 Å². The molecule has 1 atom stereocenters. The molecule has 5 heteroatoms. The van der Waals surface area contributed by atoms with Crippen molar-refractivity contribution in [3.8, 4) is 0 Å². The third-order valence-corrected chi connectivity index (χ3v) is 6.73. The summed E-state index contributed by atoms with van der Waals surface area (Å²) in [5.74, 6) is 1.86. The molecule has 26 heavy (non-hydrogen) atoms. The first kappa shape index (κ1) is 17.9. The zero-order valence-electron chi connectivity index (χ0n) is 16.5. The summed E-state index contributed by atoms with van der Waals surface area (Å²) in [5.41, 5.74) is 0.737. The predicted octanol–water partition coefficient (Wildman–Crippen LogP) is 4.40. The zero-order valence-corrected chi connectivity index (χ0v) is 16.5. The first-order valence-corrected chi connectivity index (χ1v) is 10.7. The Bertz CT molecular complexity index is 636. The van der Waals surface area contributed by atoms with Crippen LogP contribution in [0.1, 0.15) is 88.4 Å². The van der Waals surface area contributed by atoms with E-state index in [2.05, 4.69) is 28.9 Å². The standard InChI is InChI=1S/C21H34N4O/c1-21(2)14-18(16-10-6-5-7-11-16)23-19-17(15-22-25(19)21)20(26)24-12-8-3-4-9-13-24/h15-16,18,23H,3-14H2,1-2H3. The second kappa shape index (κ2) is 7.24. The molecule has 0 aromatic carbocycles. The fourth-order valence-corrected chi connectivity index (χ4v) is 5.22. The highest BCUT2D eigenvalue weighted by Crippen LogP contribution is 2.40. The largest absolute Gasteiger partial charge is 0.366 e. The van der Waals surface area contributed by atoms with Gasteiger partial charge in [-0.2, -0.15) is 5.10 Å². The third-order valence-electron chi connectivity index (χ3n) is 6.73. The van der Waals surface area contributed by atoms with Gasteiger partial charge in [-0.15, -0.1) is 0 Å². The number of hydrogen-bond acceptors (Lipinski definition) is 3. The van der Waals surface area contributed by atoms with E-state index in [1.807, 2.05) is 4.90 Å². The normalized spacial score (nSPS) is 26.7. The highest BCUT2D eigenvalue weighted by Gasteiger charge is 2.39. The average Bonchev–Trinajstić information content (AvgIpc) is 2.89. The first-order chi connectivity index (χ1) is 12.6. The molecular weight excluding hydrogens is 324 g/mol. The Morgan fingerprint density at radius 3 is 2.42 bits per heavy atom. The summed E-state index contributed by atoms with van der Waals surface area (Å²) in [6.07, 6.45) is 14.3. The third kappa shape index (κ3) is 3.37. The van der Waals surface area contributed by atoms with Gasteiger partial charge in [-0.1, -0.05) is 32.1 Å². The van der Waals surface area contributed by atoms with Gasteiger partial charge in [0, 0.05) is 19.1 Å². The molecule has 1 N–H and O–H groups in total. The molecule has 0 radical (unpaired) electrons. The minimum atomic E-state index is -0.0417. The molecule has 5 nitrogen and oxygen atoms in total. The Labute approximate surface area is 157 Å². The Morgan fingerprint density at radius 1 is 1.08 bits per heavy atom. The molecule has 144 valence electrons. The van der Waals surface area contributed by atoms with Crippen LogP contribution in [0, 0.1) is 5.92 Å². The highest BCUT2D eigenvalue weighted by molar-refractivity contribution is 5.99. The molecule has 1 amide bonds. The minimum absolute atomic E-state index is 0.0417. The van der Waals surface area contributed by atoms with Gasteiger partial charge in [-0.05, 0) is 51.9 Å². The van der Waals surface area contributed by atoms with Crippen LogP contribution in [0.15, 0.2) is 6.20 Å². The lowest BCUT2D eigenvalue weighted by Gasteiger charge is -2.42. The summed E-state index contributed by atoms with van der Waals surface area (Å²) in [6.45, 7) is 6.30. The number of aromatic nitrogens is 2. The van der Waals surface area contributed by atoms with Gasteiger partial charge >= 0.3 is 0 Å². The molecular formula is C21H34N4O. The van der Waals surface area contributed by atoms with Crippen molar-refractivity contribution in [3.63, 3.8) is 0 Å². The van der Waals surface area contributed by atoms with Crippen molar-refractivity contribution in [3.05, 3.63) is 11.8 Å². The average molecular weight is 359 g/mol. The lowest BCUT2D eigenvalue weighted by atomic mass is 9.78. The molecule has 3 heterocycles. The highest BCUT2D eigenvalue weighted by atomic mass is 16.2. The monoisotopic (exact) mass is 358 g/mol. The molecule has 1 unspecified atom stereocenters. The Morgan fingerprint density at radius 2 is 1.73 bits per heavy atom. The number of fused-ring (bicyclic) bond motifs is 1. The van der Waals surface area contributed by atoms with Gasteiger partial charge in [0.2, 0.25) is 0 Å². The van der Waals surface area contributed by atoms with Crippen LogP contribution in [-0.4, -0.2) is 39.7 Å². The van der Waals surface area contributed by atoms with E-state index >= 15 is 0 Å². The van der Waals surface area contributed by atoms with E-state index in [4.69, 9.17) is 0 Å². The van der Waals surface area contributed by atoms with Crippen LogP contribution >= 0.6 is 0 Å². The summed E-state index contributed by atoms with van der Waals surface area (Å²) in [5, 5.41) is 8.39. The molecule has 0 spiro atoms. The maximum absolute atomic E-state index is 13.2. The van der Waals surface area contributed by atoms with Gasteiger partial charge in [-0.3, -0.25) is 4.79 Å². The number of carbonyl (C=O) groups excluding carboxylic acids is 1. The van der Waals surface area contributed by atoms with Gasteiger partial charge in [0.25, 0.3) is 5.91 Å². The first-order valence-electron chi connectivity index (χ1n) is 10.7. The van der Waals surface area contributed by atoms with Gasteiger partial charge in [0.1, 0.15) is 11.4 Å². The van der Waals surface area contributed by atoms with Crippen molar-refractivity contribution in [1.82, 2.24) is 14.7 Å². The van der Waals surface area contributed by atoms with Crippen molar-refractivity contribution in [2.24, 2.45) is 5.92 Å². The quantitative estimate of drug-likeness (QED) is 0.852. The molecule has 1 saturated heterocycles. The number of carbonyl (C=O) groups is 1. The zero-order chi connectivity index (χ0) is 18.1. The fraction of sp³-hybridized carbons (Fsp3) is 0.810. The molecule has 1 aliphatic carbocycles. The van der Waals surface area contributed by atoms with Crippen LogP contribution in [0.5, 0.6) is 0 Å². The molecule has 0 bridgehead atoms. The van der Waals surface area contributed by atoms with Gasteiger partial charge in [0.05, 0.1) is 11.7 Å². The van der Waals surface area contributed by atoms with Crippen molar-refractivity contribution < 1.29 is 4.79 Å². The molecule has 2 fully saturated rings. The van der Waals surface area contributed by atoms with E-state index in [0.29, 0.717) is 6.04 Å². The second-order valence-electron chi connectivity index (χ2n) is 9.19. The van der Waals surface area contributed by atoms with E-state index in [1.54, 1.807) is 6.20 Å². The lowest BCUT2D eigenvalue weighted by molar-refractivity contribution is 0.0762. The van der Waals surface area contributed by atoms with Crippen molar-refractivity contribution in [2.75, 3.05) is 18.4 Å². The van der Waals surface area contributed by atoms with Gasteiger partial charge in [0.15, 0.2) is 0 Å². The van der Waals surface area contributed by atoms with Crippen molar-refractivity contribution in [2.45, 2.75) is 89.6 Å². The van der Waals surface area contributed by atoms with E-state index in [-0.39, 0.29) is 11.4 Å². The summed E-state index contributed by atoms with van der Waals surface area (Å²) < 4.78 is 2.07. The summed E-state index contributed by atoms with van der Waals surface area (Å²) >= 11 is 0. The van der Waals surface area contributed by atoms with Crippen molar-refractivity contribution >= 4 is 11.7 Å². The number of hydrogen-bond donors (Lipinski definition) is 1. The van der Waals surface area contributed by atoms with Crippen LogP contribution in [0.3, 0.4) is 0 Å². The summed E-state index contributed by atoms with van der Waals surface area (Å²) in [4.78, 5) is 15.3. The molecule has 1 aromatic rings. The summed E-state index contributed by atoms with van der Waals surface area (Å²) in [6, 6.07) is 0.463. The lowest BCUT2D eigenvalue weighted by Crippen LogP contribution is -2.46. The molecule has 1 saturated carbocycles. The fourth-order valence-electron chi connectivity index (χ4n) is 5.22. The van der Waals surface area contributed by atoms with Crippen LogP contribution in [-0.2, 0) is 5.54 Å². The number of nitrogens with zero attached hydrogens (tertiary/aromatic N) is 3. The number of anilines is 1. The predicted molar refractivity (Wildman–Crippen MR) is 105 cm³/mol. The van der Waals surface area contributed by atoms with Gasteiger partial charge in [-0.25, -0.2) is 4.68 Å². The van der Waals surface area contributed by atoms with Crippen molar-refractivity contribution in [1.29, 1.82) is 0 Å². The Hall–Kier alpha value is -1.52. The second-order valence-corrected chi connectivity index (χ2v) is 9.19. The number of nitrogens with one attached hydrogen (secondary N) is 1. The number of amides is 1. The Kier molecular flexibility index (Phi) is 4.98. The molecule has 1 aromatic heterocycles. The van der Waals surface area contributed by atoms with E-state index in [1.165, 1.54) is 44.9 Å².